The van der Waals surface area contributed by atoms with Crippen LogP contribution in [0.2, 0.25) is 0 Å². The molecule has 17 heavy (non-hydrogen) atoms. The van der Waals surface area contributed by atoms with Crippen LogP contribution in [0, 0.1) is 6.92 Å². The Labute approximate surface area is 104 Å². The number of hydrogen-bond donors (Lipinski definition) is 0. The molecule has 0 unspecified atom stereocenters. The highest BCUT2D eigenvalue weighted by Crippen LogP contribution is 2.52. The van der Waals surface area contributed by atoms with Crippen LogP contribution in [0.4, 0.5) is 0 Å². The molecule has 0 bridgehead atoms. The van der Waals surface area contributed by atoms with E-state index in [0.717, 1.165) is 12.1 Å². The van der Waals surface area contributed by atoms with Gasteiger partial charge in [-0.3, -0.25) is 4.79 Å². The van der Waals surface area contributed by atoms with Gasteiger partial charge in [0.15, 0.2) is 0 Å². The SMILES string of the molecule is CC.Cc1ccc2c(c1)C1(CC1)CN(C)C2=O. The summed E-state index contributed by atoms with van der Waals surface area (Å²) in [5, 5.41) is 0. The van der Waals surface area contributed by atoms with Crippen molar-refractivity contribution in [2.24, 2.45) is 0 Å². The third-order valence-electron chi connectivity index (χ3n) is 3.72. The summed E-state index contributed by atoms with van der Waals surface area (Å²) >= 11 is 0. The number of fused-ring (bicyclic) bond motifs is 2. The van der Waals surface area contributed by atoms with E-state index in [0.29, 0.717) is 5.41 Å². The lowest BCUT2D eigenvalue weighted by Gasteiger charge is -2.32. The predicted molar refractivity (Wildman–Crippen MR) is 70.4 cm³/mol. The van der Waals surface area contributed by atoms with Crippen molar-refractivity contribution < 1.29 is 4.79 Å². The van der Waals surface area contributed by atoms with E-state index < -0.39 is 0 Å². The van der Waals surface area contributed by atoms with Gasteiger partial charge in [-0.25, -0.2) is 0 Å². The normalized spacial score (nSPS) is 19.5. The first-order valence-electron chi connectivity index (χ1n) is 6.49. The van der Waals surface area contributed by atoms with Crippen LogP contribution >= 0.6 is 0 Å². The molecular formula is C15H21NO. The lowest BCUT2D eigenvalue weighted by Crippen LogP contribution is -2.40. The van der Waals surface area contributed by atoms with Crippen molar-refractivity contribution in [1.29, 1.82) is 0 Å². The second-order valence-corrected chi connectivity index (χ2v) is 4.99. The Kier molecular flexibility index (Phi) is 2.98. The van der Waals surface area contributed by atoms with Crippen LogP contribution < -0.4 is 0 Å². The van der Waals surface area contributed by atoms with E-state index in [4.69, 9.17) is 0 Å². The van der Waals surface area contributed by atoms with Gasteiger partial charge in [0, 0.05) is 24.6 Å². The van der Waals surface area contributed by atoms with Crippen LogP contribution in [0.25, 0.3) is 0 Å². The van der Waals surface area contributed by atoms with Crippen molar-refractivity contribution >= 4 is 5.91 Å². The zero-order valence-corrected chi connectivity index (χ0v) is 11.2. The summed E-state index contributed by atoms with van der Waals surface area (Å²) < 4.78 is 0. The first kappa shape index (κ1) is 12.2. The van der Waals surface area contributed by atoms with Gasteiger partial charge in [-0.2, -0.15) is 0 Å². The topological polar surface area (TPSA) is 20.3 Å². The minimum Gasteiger partial charge on any atom is -0.341 e. The maximum absolute atomic E-state index is 12.0. The summed E-state index contributed by atoms with van der Waals surface area (Å²) in [6, 6.07) is 6.22. The molecule has 1 saturated carbocycles. The summed E-state index contributed by atoms with van der Waals surface area (Å²) in [5.74, 6) is 0.183. The van der Waals surface area contributed by atoms with E-state index in [2.05, 4.69) is 13.0 Å². The molecular weight excluding hydrogens is 210 g/mol. The molecule has 0 saturated heterocycles. The van der Waals surface area contributed by atoms with Crippen LogP contribution in [-0.4, -0.2) is 24.4 Å². The molecule has 0 atom stereocenters. The Morgan fingerprint density at radius 3 is 2.47 bits per heavy atom. The lowest BCUT2D eigenvalue weighted by atomic mass is 9.86. The highest BCUT2D eigenvalue weighted by atomic mass is 16.2. The second kappa shape index (κ2) is 4.17. The molecule has 0 N–H and O–H groups in total. The number of nitrogens with zero attached hydrogens (tertiary/aromatic N) is 1. The van der Waals surface area contributed by atoms with Crippen molar-refractivity contribution in [3.63, 3.8) is 0 Å². The molecule has 1 aliphatic carbocycles. The minimum atomic E-state index is 0.183. The average Bonchev–Trinajstić information content (AvgIpc) is 3.10. The molecule has 1 fully saturated rings. The number of benzene rings is 1. The highest BCUT2D eigenvalue weighted by Gasteiger charge is 2.50. The summed E-state index contributed by atoms with van der Waals surface area (Å²) in [7, 11) is 1.91. The molecule has 92 valence electrons. The van der Waals surface area contributed by atoms with Gasteiger partial charge >= 0.3 is 0 Å². The molecule has 1 amide bonds. The summed E-state index contributed by atoms with van der Waals surface area (Å²) in [5.41, 5.74) is 3.79. The first-order chi connectivity index (χ1) is 8.12. The van der Waals surface area contributed by atoms with E-state index >= 15 is 0 Å². The predicted octanol–water partition coefficient (Wildman–Crippen LogP) is 3.14. The number of hydrogen-bond acceptors (Lipinski definition) is 1. The molecule has 3 rings (SSSR count). The van der Waals surface area contributed by atoms with Crippen LogP contribution in [0.5, 0.6) is 0 Å². The average molecular weight is 231 g/mol. The minimum absolute atomic E-state index is 0.183. The third kappa shape index (κ3) is 1.86. The van der Waals surface area contributed by atoms with Gasteiger partial charge in [0.1, 0.15) is 0 Å². The standard InChI is InChI=1S/C13H15NO.C2H6/c1-9-3-4-10-11(7-9)13(5-6-13)8-14(2)12(10)15;1-2/h3-4,7H,5-6,8H2,1-2H3;1-2H3. The molecule has 1 heterocycles. The third-order valence-corrected chi connectivity index (χ3v) is 3.72. The fraction of sp³-hybridized carbons (Fsp3) is 0.533. The van der Waals surface area contributed by atoms with Gasteiger partial charge in [-0.15, -0.1) is 0 Å². The van der Waals surface area contributed by atoms with Crippen LogP contribution in [-0.2, 0) is 5.41 Å². The fourth-order valence-corrected chi connectivity index (χ4v) is 2.68. The molecule has 1 aliphatic heterocycles. The Morgan fingerprint density at radius 1 is 1.24 bits per heavy atom. The molecule has 2 heteroatoms. The van der Waals surface area contributed by atoms with Gasteiger partial charge < -0.3 is 4.90 Å². The summed E-state index contributed by atoms with van der Waals surface area (Å²) in [6.07, 6.45) is 2.47. The molecule has 1 aromatic rings. The quantitative estimate of drug-likeness (QED) is 0.671. The Hall–Kier alpha value is -1.31. The van der Waals surface area contributed by atoms with Crippen molar-refractivity contribution in [3.05, 3.63) is 34.9 Å². The monoisotopic (exact) mass is 231 g/mol. The summed E-state index contributed by atoms with van der Waals surface area (Å²) in [4.78, 5) is 13.8. The first-order valence-corrected chi connectivity index (χ1v) is 6.49. The largest absolute Gasteiger partial charge is 0.341 e. The maximum Gasteiger partial charge on any atom is 0.253 e. The number of aryl methyl sites for hydroxylation is 1. The molecule has 1 spiro atoms. The maximum atomic E-state index is 12.0. The zero-order chi connectivity index (χ0) is 12.6. The van der Waals surface area contributed by atoms with Gasteiger partial charge in [0.25, 0.3) is 5.91 Å². The van der Waals surface area contributed by atoms with Crippen LogP contribution in [0.3, 0.4) is 0 Å². The molecule has 0 aromatic heterocycles. The number of carbonyl (C=O) groups excluding carboxylic acids is 1. The molecule has 2 nitrogen and oxygen atoms in total. The highest BCUT2D eigenvalue weighted by molar-refractivity contribution is 5.97. The van der Waals surface area contributed by atoms with Crippen molar-refractivity contribution in [2.45, 2.75) is 39.0 Å². The van der Waals surface area contributed by atoms with Gasteiger partial charge in [0.2, 0.25) is 0 Å². The Balaban J connectivity index is 0.000000514. The fourth-order valence-electron chi connectivity index (χ4n) is 2.68. The second-order valence-electron chi connectivity index (χ2n) is 4.99. The van der Waals surface area contributed by atoms with Crippen LogP contribution in [0.15, 0.2) is 18.2 Å². The molecule has 0 radical (unpaired) electrons. The van der Waals surface area contributed by atoms with Gasteiger partial charge in [-0.05, 0) is 31.4 Å². The van der Waals surface area contributed by atoms with Crippen molar-refractivity contribution in [3.8, 4) is 0 Å². The van der Waals surface area contributed by atoms with E-state index in [9.17, 15) is 4.79 Å². The molecule has 1 aromatic carbocycles. The smallest absolute Gasteiger partial charge is 0.253 e. The Morgan fingerprint density at radius 2 is 1.88 bits per heavy atom. The van der Waals surface area contributed by atoms with Gasteiger partial charge in [0.05, 0.1) is 0 Å². The number of amides is 1. The lowest BCUT2D eigenvalue weighted by molar-refractivity contribution is 0.0758. The van der Waals surface area contributed by atoms with E-state index in [1.807, 2.05) is 37.9 Å². The van der Waals surface area contributed by atoms with E-state index in [1.54, 1.807) is 0 Å². The van der Waals surface area contributed by atoms with E-state index in [-0.39, 0.29) is 5.91 Å². The number of rotatable bonds is 0. The number of carbonyl (C=O) groups is 1. The molecule has 2 aliphatic rings. The van der Waals surface area contributed by atoms with Crippen LogP contribution in [0.1, 0.15) is 48.2 Å². The number of likely N-dealkylation sites (N-methyl/N-ethyl adjacent to an activating group) is 1. The Bertz CT molecular complexity index is 446. The van der Waals surface area contributed by atoms with Gasteiger partial charge in [-0.1, -0.05) is 31.5 Å². The van der Waals surface area contributed by atoms with E-state index in [1.165, 1.54) is 24.0 Å². The van der Waals surface area contributed by atoms with Crippen molar-refractivity contribution in [2.75, 3.05) is 13.6 Å². The zero-order valence-electron chi connectivity index (χ0n) is 11.2. The van der Waals surface area contributed by atoms with Crippen molar-refractivity contribution in [1.82, 2.24) is 4.90 Å². The summed E-state index contributed by atoms with van der Waals surface area (Å²) in [6.45, 7) is 7.00.